The molecule has 0 aliphatic heterocycles. The zero-order chi connectivity index (χ0) is 13.7. The molecule has 1 rings (SSSR count). The molecule has 0 saturated heterocycles. The summed E-state index contributed by atoms with van der Waals surface area (Å²) in [5.41, 5.74) is 0. The second-order valence-corrected chi connectivity index (χ2v) is 5.82. The van der Waals surface area contributed by atoms with E-state index < -0.39 is 11.9 Å². The highest BCUT2D eigenvalue weighted by molar-refractivity contribution is 9.10. The molecule has 0 radical (unpaired) electrons. The first-order valence-electron chi connectivity index (χ1n) is 5.55. The van der Waals surface area contributed by atoms with Crippen molar-refractivity contribution < 1.29 is 14.3 Å². The maximum absolute atomic E-state index is 12.1. The first-order valence-corrected chi connectivity index (χ1v) is 7.22. The second kappa shape index (κ2) is 6.89. The highest BCUT2D eigenvalue weighted by atomic mass is 79.9. The van der Waals surface area contributed by atoms with E-state index in [0.717, 1.165) is 9.35 Å². The van der Waals surface area contributed by atoms with Crippen LogP contribution in [0.5, 0.6) is 0 Å². The number of hydrogen-bond donors (Lipinski definition) is 0. The molecule has 0 spiro atoms. The summed E-state index contributed by atoms with van der Waals surface area (Å²) in [7, 11) is 3.00. The van der Waals surface area contributed by atoms with Crippen LogP contribution in [0.4, 0.5) is 0 Å². The number of rotatable bonds is 5. The fraction of sp³-hybridized carbons (Fsp3) is 0.500. The maximum atomic E-state index is 12.1. The van der Waals surface area contributed by atoms with Crippen LogP contribution >= 0.6 is 27.3 Å². The van der Waals surface area contributed by atoms with Crippen LogP contribution < -0.4 is 0 Å². The van der Waals surface area contributed by atoms with Crippen molar-refractivity contribution in [2.45, 2.75) is 19.9 Å². The van der Waals surface area contributed by atoms with Gasteiger partial charge in [-0.05, 0) is 28.4 Å². The van der Waals surface area contributed by atoms with E-state index in [9.17, 15) is 9.59 Å². The van der Waals surface area contributed by atoms with Gasteiger partial charge in [0.2, 0.25) is 5.91 Å². The normalized spacial score (nSPS) is 12.0. The lowest BCUT2D eigenvalue weighted by atomic mass is 10.1. The number of esters is 1. The molecule has 1 aromatic heterocycles. The number of carbonyl (C=O) groups is 2. The van der Waals surface area contributed by atoms with Gasteiger partial charge >= 0.3 is 5.97 Å². The fourth-order valence-corrected chi connectivity index (χ4v) is 3.10. The van der Waals surface area contributed by atoms with Gasteiger partial charge in [-0.3, -0.25) is 9.59 Å². The molecule has 1 amide bonds. The maximum Gasteiger partial charge on any atom is 0.318 e. The average molecular weight is 334 g/mol. The van der Waals surface area contributed by atoms with E-state index in [1.807, 2.05) is 11.4 Å². The summed E-state index contributed by atoms with van der Waals surface area (Å²) < 4.78 is 5.64. The molecule has 0 bridgehead atoms. The molecule has 100 valence electrons. The molecule has 18 heavy (non-hydrogen) atoms. The van der Waals surface area contributed by atoms with E-state index in [2.05, 4.69) is 20.7 Å². The largest absolute Gasteiger partial charge is 0.468 e. The molecule has 0 aromatic carbocycles. The zero-order valence-corrected chi connectivity index (χ0v) is 13.0. The number of nitrogens with zero attached hydrogens (tertiary/aromatic N) is 1. The van der Waals surface area contributed by atoms with Gasteiger partial charge in [-0.1, -0.05) is 6.92 Å². The third-order valence-corrected chi connectivity index (χ3v) is 4.27. The summed E-state index contributed by atoms with van der Waals surface area (Å²) >= 11 is 4.94. The topological polar surface area (TPSA) is 46.6 Å². The lowest BCUT2D eigenvalue weighted by molar-refractivity contribution is -0.153. The number of thiophene rings is 1. The van der Waals surface area contributed by atoms with E-state index in [1.54, 1.807) is 30.2 Å². The van der Waals surface area contributed by atoms with Crippen LogP contribution in [-0.4, -0.2) is 30.9 Å². The Kier molecular flexibility index (Phi) is 5.81. The number of halogens is 1. The SMILES string of the molecule is CCC(C(=O)OC)C(=O)N(C)Cc1cc(Br)cs1. The molecule has 4 nitrogen and oxygen atoms in total. The number of carbonyl (C=O) groups excluding carboxylic acids is 2. The van der Waals surface area contributed by atoms with E-state index in [4.69, 9.17) is 0 Å². The number of methoxy groups -OCH3 is 1. The van der Waals surface area contributed by atoms with Gasteiger partial charge in [0.15, 0.2) is 0 Å². The smallest absolute Gasteiger partial charge is 0.318 e. The predicted molar refractivity (Wildman–Crippen MR) is 74.3 cm³/mol. The van der Waals surface area contributed by atoms with Crippen LogP contribution in [0.25, 0.3) is 0 Å². The van der Waals surface area contributed by atoms with Crippen LogP contribution in [0.2, 0.25) is 0 Å². The van der Waals surface area contributed by atoms with E-state index >= 15 is 0 Å². The van der Waals surface area contributed by atoms with Crippen molar-refractivity contribution in [2.24, 2.45) is 5.92 Å². The van der Waals surface area contributed by atoms with Gasteiger partial charge < -0.3 is 9.64 Å². The molecule has 1 unspecified atom stereocenters. The van der Waals surface area contributed by atoms with Crippen LogP contribution in [0, 0.1) is 5.92 Å². The Morgan fingerprint density at radius 3 is 2.67 bits per heavy atom. The minimum absolute atomic E-state index is 0.200. The molecular weight excluding hydrogens is 318 g/mol. The second-order valence-electron chi connectivity index (χ2n) is 3.91. The van der Waals surface area contributed by atoms with E-state index in [-0.39, 0.29) is 5.91 Å². The lowest BCUT2D eigenvalue weighted by Gasteiger charge is -2.20. The summed E-state index contributed by atoms with van der Waals surface area (Å²) in [4.78, 5) is 26.2. The summed E-state index contributed by atoms with van der Waals surface area (Å²) in [5, 5.41) is 1.96. The Hall–Kier alpha value is -0.880. The monoisotopic (exact) mass is 333 g/mol. The van der Waals surface area contributed by atoms with Gasteiger partial charge in [-0.25, -0.2) is 0 Å². The predicted octanol–water partition coefficient (Wildman–Crippen LogP) is 2.67. The van der Waals surface area contributed by atoms with Crippen LogP contribution in [0.1, 0.15) is 18.2 Å². The Bertz CT molecular complexity index is 433. The third-order valence-electron chi connectivity index (χ3n) is 2.58. The van der Waals surface area contributed by atoms with Gasteiger partial charge in [0.05, 0.1) is 13.7 Å². The van der Waals surface area contributed by atoms with Gasteiger partial charge in [0.1, 0.15) is 5.92 Å². The molecule has 0 aliphatic carbocycles. The quantitative estimate of drug-likeness (QED) is 0.614. The first-order chi connectivity index (χ1) is 8.49. The van der Waals surface area contributed by atoms with Crippen molar-refractivity contribution in [1.82, 2.24) is 4.90 Å². The molecule has 1 heterocycles. The first kappa shape index (κ1) is 15.2. The van der Waals surface area contributed by atoms with Crippen molar-refractivity contribution in [3.63, 3.8) is 0 Å². The summed E-state index contributed by atoms with van der Waals surface area (Å²) in [5.74, 6) is -1.38. The molecule has 0 saturated carbocycles. The van der Waals surface area contributed by atoms with Crippen LogP contribution in [0.3, 0.4) is 0 Å². The van der Waals surface area contributed by atoms with Gasteiger partial charge in [-0.15, -0.1) is 11.3 Å². The molecule has 0 N–H and O–H groups in total. The van der Waals surface area contributed by atoms with Gasteiger partial charge in [-0.2, -0.15) is 0 Å². The Balaban J connectivity index is 2.67. The fourth-order valence-electron chi connectivity index (χ4n) is 1.60. The molecular formula is C12H16BrNO3S. The number of amides is 1. The van der Waals surface area contributed by atoms with Crippen LogP contribution in [0.15, 0.2) is 15.9 Å². The summed E-state index contributed by atoms with van der Waals surface area (Å²) in [6.07, 6.45) is 0.448. The lowest BCUT2D eigenvalue weighted by Crippen LogP contribution is -2.36. The zero-order valence-electron chi connectivity index (χ0n) is 10.6. The van der Waals surface area contributed by atoms with Crippen LogP contribution in [-0.2, 0) is 20.9 Å². The van der Waals surface area contributed by atoms with Crippen molar-refractivity contribution in [2.75, 3.05) is 14.2 Å². The van der Waals surface area contributed by atoms with Crippen molar-refractivity contribution in [3.05, 3.63) is 20.8 Å². The summed E-state index contributed by atoms with van der Waals surface area (Å²) in [6, 6.07) is 1.97. The van der Waals surface area contributed by atoms with Crippen molar-refractivity contribution in [1.29, 1.82) is 0 Å². The molecule has 6 heteroatoms. The number of ether oxygens (including phenoxy) is 1. The standard InChI is InChI=1S/C12H16BrNO3S/c1-4-10(12(16)17-3)11(15)14(2)6-9-5-8(13)7-18-9/h5,7,10H,4,6H2,1-3H3. The third kappa shape index (κ3) is 3.81. The minimum Gasteiger partial charge on any atom is -0.468 e. The summed E-state index contributed by atoms with van der Waals surface area (Å²) in [6.45, 7) is 2.30. The molecule has 0 aliphatic rings. The minimum atomic E-state index is -0.705. The highest BCUT2D eigenvalue weighted by Gasteiger charge is 2.28. The highest BCUT2D eigenvalue weighted by Crippen LogP contribution is 2.21. The molecule has 1 aromatic rings. The van der Waals surface area contributed by atoms with Crippen molar-refractivity contribution in [3.8, 4) is 0 Å². The average Bonchev–Trinajstić information content (AvgIpc) is 2.75. The Morgan fingerprint density at radius 1 is 1.56 bits per heavy atom. The Morgan fingerprint density at radius 2 is 2.22 bits per heavy atom. The Labute approximate surface area is 119 Å². The van der Waals surface area contributed by atoms with Gasteiger partial charge in [0.25, 0.3) is 0 Å². The molecule has 0 fully saturated rings. The van der Waals surface area contributed by atoms with E-state index in [0.29, 0.717) is 13.0 Å². The van der Waals surface area contributed by atoms with Gasteiger partial charge in [0, 0.05) is 21.8 Å². The number of hydrogen-bond acceptors (Lipinski definition) is 4. The van der Waals surface area contributed by atoms with Crippen molar-refractivity contribution >= 4 is 39.1 Å². The van der Waals surface area contributed by atoms with E-state index in [1.165, 1.54) is 7.11 Å². The molecule has 1 atom stereocenters.